The monoisotopic (exact) mass is 603 g/mol. The van der Waals surface area contributed by atoms with E-state index in [1.807, 2.05) is 24.3 Å². The Bertz CT molecular complexity index is 1360. The second-order valence-electron chi connectivity index (χ2n) is 11.0. The minimum absolute atomic E-state index is 0.165. The minimum atomic E-state index is -1.57. The fraction of sp³-hybridized carbons (Fsp3) is 0.467. The van der Waals surface area contributed by atoms with Crippen LogP contribution < -0.4 is 11.1 Å². The van der Waals surface area contributed by atoms with Gasteiger partial charge in [-0.3, -0.25) is 14.5 Å². The van der Waals surface area contributed by atoms with Crippen LogP contribution in [0.2, 0.25) is 15.1 Å². The number of nitrogens with two attached hydrogens (primary N) is 1. The predicted molar refractivity (Wildman–Crippen MR) is 162 cm³/mol. The number of piperidine rings is 2. The van der Waals surface area contributed by atoms with Crippen molar-refractivity contribution >= 4 is 57.4 Å². The van der Waals surface area contributed by atoms with Gasteiger partial charge in [-0.1, -0.05) is 59.4 Å². The molecular formula is C30H36Cl3N5O2. The van der Waals surface area contributed by atoms with Crippen LogP contribution in [0.3, 0.4) is 0 Å². The molecule has 0 spiro atoms. The minimum Gasteiger partial charge on any atom is -0.361 e. The first-order valence-corrected chi connectivity index (χ1v) is 15.1. The maximum absolute atomic E-state index is 14.1. The molecule has 214 valence electrons. The first-order valence-electron chi connectivity index (χ1n) is 14.0. The highest BCUT2D eigenvalue weighted by Crippen LogP contribution is 2.35. The average molecular weight is 605 g/mol. The number of hydrogen-bond donors (Lipinski definition) is 3. The zero-order valence-corrected chi connectivity index (χ0v) is 25.0. The Labute approximate surface area is 250 Å². The lowest BCUT2D eigenvalue weighted by molar-refractivity contribution is -0.137. The lowest BCUT2D eigenvalue weighted by Crippen LogP contribution is -2.67. The van der Waals surface area contributed by atoms with Gasteiger partial charge in [-0.05, 0) is 69.5 Å². The highest BCUT2D eigenvalue weighted by atomic mass is 35.5. The summed E-state index contributed by atoms with van der Waals surface area (Å²) < 4.78 is 0. The van der Waals surface area contributed by atoms with Crippen LogP contribution in [0.1, 0.15) is 50.2 Å². The van der Waals surface area contributed by atoms with Gasteiger partial charge < -0.3 is 20.9 Å². The number of aromatic nitrogens is 1. The Morgan fingerprint density at radius 2 is 1.70 bits per heavy atom. The third-order valence-electron chi connectivity index (χ3n) is 8.58. The van der Waals surface area contributed by atoms with Gasteiger partial charge in [0, 0.05) is 48.3 Å². The van der Waals surface area contributed by atoms with Gasteiger partial charge in [0.1, 0.15) is 11.6 Å². The summed E-state index contributed by atoms with van der Waals surface area (Å²) in [5.41, 5.74) is 7.73. The number of halogens is 3. The quantitative estimate of drug-likeness (QED) is 0.295. The molecule has 40 heavy (non-hydrogen) atoms. The molecule has 2 atom stereocenters. The zero-order valence-electron chi connectivity index (χ0n) is 22.7. The van der Waals surface area contributed by atoms with Crippen molar-refractivity contribution in [2.45, 2.75) is 63.2 Å². The molecule has 0 aliphatic carbocycles. The molecule has 1 aromatic heterocycles. The molecule has 3 aromatic rings. The van der Waals surface area contributed by atoms with E-state index in [0.717, 1.165) is 36.8 Å². The van der Waals surface area contributed by atoms with Gasteiger partial charge in [0.2, 0.25) is 5.91 Å². The maximum atomic E-state index is 14.1. The van der Waals surface area contributed by atoms with Crippen LogP contribution in [0.15, 0.2) is 42.6 Å². The molecule has 2 saturated heterocycles. The molecule has 2 aromatic carbocycles. The van der Waals surface area contributed by atoms with Gasteiger partial charge in [0.15, 0.2) is 5.78 Å². The Morgan fingerprint density at radius 3 is 2.35 bits per heavy atom. The third-order valence-corrected chi connectivity index (χ3v) is 9.78. The summed E-state index contributed by atoms with van der Waals surface area (Å²) in [6.07, 6.45) is 7.38. The van der Waals surface area contributed by atoms with Gasteiger partial charge in [-0.2, -0.15) is 0 Å². The summed E-state index contributed by atoms with van der Waals surface area (Å²) in [6, 6.07) is 10.6. The molecule has 1 amide bonds. The largest absolute Gasteiger partial charge is 0.361 e. The van der Waals surface area contributed by atoms with Crippen molar-refractivity contribution in [1.29, 1.82) is 0 Å². The molecule has 7 nitrogen and oxygen atoms in total. The molecule has 3 heterocycles. The molecule has 2 aliphatic heterocycles. The number of fused-ring (bicyclic) bond motifs is 1. The fourth-order valence-electron chi connectivity index (χ4n) is 6.39. The van der Waals surface area contributed by atoms with Crippen molar-refractivity contribution in [3.05, 3.63) is 68.8 Å². The fourth-order valence-corrected chi connectivity index (χ4v) is 7.03. The molecule has 0 saturated carbocycles. The number of nitrogens with one attached hydrogen (secondary N) is 2. The van der Waals surface area contributed by atoms with Crippen molar-refractivity contribution in [2.75, 3.05) is 26.2 Å². The van der Waals surface area contributed by atoms with Crippen LogP contribution in [0.5, 0.6) is 0 Å². The number of benzene rings is 2. The summed E-state index contributed by atoms with van der Waals surface area (Å²) in [4.78, 5) is 35.6. The van der Waals surface area contributed by atoms with E-state index in [2.05, 4.69) is 20.1 Å². The standard InChI is InChI=1S/C30H36Cl3N5O2/c1-19(39)30(34,23-18-35-26-8-4-3-7-22(23)26)28(29(40)36-17-20-15-24(31)27(33)25(32)16-20)38-13-9-21(10-14-38)37-11-5-2-6-12-37/h3-4,7-8,15-16,18,21,28,35H,2,5-6,9-14,17,34H2,1H3,(H,36,40). The smallest absolute Gasteiger partial charge is 0.240 e. The van der Waals surface area contributed by atoms with Crippen LogP contribution in [-0.4, -0.2) is 64.7 Å². The van der Waals surface area contributed by atoms with E-state index in [1.54, 1.807) is 18.3 Å². The molecule has 5 rings (SSSR count). The van der Waals surface area contributed by atoms with Crippen LogP contribution in [-0.2, 0) is 21.7 Å². The highest BCUT2D eigenvalue weighted by molar-refractivity contribution is 6.48. The summed E-state index contributed by atoms with van der Waals surface area (Å²) in [5, 5.41) is 4.74. The topological polar surface area (TPSA) is 94.5 Å². The third kappa shape index (κ3) is 5.78. The van der Waals surface area contributed by atoms with Gasteiger partial charge in [-0.25, -0.2) is 0 Å². The maximum Gasteiger partial charge on any atom is 0.240 e. The normalized spacial score (nSPS) is 19.8. The van der Waals surface area contributed by atoms with Gasteiger partial charge >= 0.3 is 0 Å². The number of carbonyl (C=O) groups is 2. The number of para-hydroxylation sites is 1. The summed E-state index contributed by atoms with van der Waals surface area (Å²) >= 11 is 18.6. The van der Waals surface area contributed by atoms with Crippen molar-refractivity contribution in [3.63, 3.8) is 0 Å². The molecule has 2 unspecified atom stereocenters. The molecule has 2 fully saturated rings. The van der Waals surface area contributed by atoms with Gasteiger partial charge in [0.05, 0.1) is 15.1 Å². The molecule has 0 radical (unpaired) electrons. The Morgan fingerprint density at radius 1 is 1.05 bits per heavy atom. The lowest BCUT2D eigenvalue weighted by Gasteiger charge is -2.46. The number of hydrogen-bond acceptors (Lipinski definition) is 5. The summed E-state index contributed by atoms with van der Waals surface area (Å²) in [7, 11) is 0. The number of carbonyl (C=O) groups excluding carboxylic acids is 2. The van der Waals surface area contributed by atoms with Crippen LogP contribution in [0.4, 0.5) is 0 Å². The molecule has 4 N–H and O–H groups in total. The zero-order chi connectivity index (χ0) is 28.4. The number of amides is 1. The van der Waals surface area contributed by atoms with Crippen LogP contribution in [0, 0.1) is 0 Å². The number of ketones is 1. The number of likely N-dealkylation sites (tertiary alicyclic amines) is 2. The molecule has 10 heteroatoms. The van der Waals surface area contributed by atoms with E-state index in [0.29, 0.717) is 40.3 Å². The Balaban J connectivity index is 1.46. The van der Waals surface area contributed by atoms with Crippen LogP contribution >= 0.6 is 34.8 Å². The van der Waals surface area contributed by atoms with Crippen molar-refractivity contribution < 1.29 is 9.59 Å². The van der Waals surface area contributed by atoms with Crippen molar-refractivity contribution in [1.82, 2.24) is 20.1 Å². The van der Waals surface area contributed by atoms with E-state index in [-0.39, 0.29) is 23.3 Å². The first-order chi connectivity index (χ1) is 19.2. The Hall–Kier alpha value is -2.13. The van der Waals surface area contributed by atoms with Crippen molar-refractivity contribution in [3.8, 4) is 0 Å². The number of nitrogens with zero attached hydrogens (tertiary/aromatic N) is 2. The van der Waals surface area contributed by atoms with E-state index in [1.165, 1.54) is 26.2 Å². The van der Waals surface area contributed by atoms with Gasteiger partial charge in [0.25, 0.3) is 0 Å². The van der Waals surface area contributed by atoms with E-state index >= 15 is 0 Å². The van der Waals surface area contributed by atoms with E-state index in [9.17, 15) is 9.59 Å². The Kier molecular flexibility index (Phi) is 9.10. The van der Waals surface area contributed by atoms with E-state index < -0.39 is 11.6 Å². The lowest BCUT2D eigenvalue weighted by atomic mass is 9.78. The SMILES string of the molecule is CC(=O)C(N)(c1c[nH]c2ccccc12)C(C(=O)NCc1cc(Cl)c(Cl)c(Cl)c1)N1CCC(N2CCCCC2)CC1. The average Bonchev–Trinajstić information content (AvgIpc) is 3.40. The summed E-state index contributed by atoms with van der Waals surface area (Å²) in [6.45, 7) is 5.24. The summed E-state index contributed by atoms with van der Waals surface area (Å²) in [5.74, 6) is -0.588. The van der Waals surface area contributed by atoms with Crippen LogP contribution in [0.25, 0.3) is 10.9 Å². The predicted octanol–water partition coefficient (Wildman–Crippen LogP) is 5.51. The number of Topliss-reactive ketones (excluding diaryl/α,β-unsaturated/α-hetero) is 1. The van der Waals surface area contributed by atoms with Gasteiger partial charge in [-0.15, -0.1) is 0 Å². The number of aromatic amines is 1. The molecule has 0 bridgehead atoms. The van der Waals surface area contributed by atoms with E-state index in [4.69, 9.17) is 40.5 Å². The second kappa shape index (κ2) is 12.4. The highest BCUT2D eigenvalue weighted by Gasteiger charge is 2.50. The number of H-pyrrole nitrogens is 1. The molecular weight excluding hydrogens is 569 g/mol. The molecule has 2 aliphatic rings. The second-order valence-corrected chi connectivity index (χ2v) is 12.2. The van der Waals surface area contributed by atoms with Crippen molar-refractivity contribution in [2.24, 2.45) is 5.73 Å². The first kappa shape index (κ1) is 29.4. The number of rotatable bonds is 8.